The molecule has 1 aromatic rings. The van der Waals surface area contributed by atoms with Gasteiger partial charge in [-0.05, 0) is 51.5 Å². The summed E-state index contributed by atoms with van der Waals surface area (Å²) in [5, 5.41) is 1.21. The molecule has 1 aliphatic heterocycles. The second-order valence-electron chi connectivity index (χ2n) is 9.14. The molecule has 8 heteroatoms. The van der Waals surface area contributed by atoms with Crippen LogP contribution in [0.25, 0.3) is 0 Å². The summed E-state index contributed by atoms with van der Waals surface area (Å²) in [7, 11) is 1.65. The van der Waals surface area contributed by atoms with Crippen molar-refractivity contribution in [3.63, 3.8) is 0 Å². The number of benzene rings is 1. The molecule has 1 atom stereocenters. The highest BCUT2D eigenvalue weighted by Gasteiger charge is 2.30. The highest BCUT2D eigenvalue weighted by Crippen LogP contribution is 2.21. The number of hydroxylamine groups is 2. The molecular weight excluding hydrogens is 410 g/mol. The first-order valence-electron chi connectivity index (χ1n) is 11.5. The molecule has 1 saturated heterocycles. The number of ether oxygens (including phenoxy) is 2. The van der Waals surface area contributed by atoms with Crippen LogP contribution in [-0.2, 0) is 14.4 Å². The van der Waals surface area contributed by atoms with Gasteiger partial charge in [0.15, 0.2) is 0 Å². The number of piperazine rings is 1. The van der Waals surface area contributed by atoms with E-state index in [1.807, 2.05) is 56.9 Å². The van der Waals surface area contributed by atoms with Gasteiger partial charge in [0.05, 0.1) is 26.2 Å². The van der Waals surface area contributed by atoms with Crippen LogP contribution in [-0.4, -0.2) is 74.0 Å². The molecule has 1 aromatic carbocycles. The Morgan fingerprint density at radius 2 is 1.72 bits per heavy atom. The molecule has 0 aliphatic carbocycles. The zero-order valence-corrected chi connectivity index (χ0v) is 20.4. The molecule has 0 N–H and O–H groups in total. The Morgan fingerprint density at radius 1 is 1.09 bits per heavy atom. The fraction of sp³-hybridized carbons (Fsp3) is 0.667. The number of methoxy groups -OCH3 is 1. The molecule has 1 aliphatic rings. The smallest absolute Gasteiger partial charge is 0.434 e. The minimum absolute atomic E-state index is 0.0204. The van der Waals surface area contributed by atoms with Crippen LogP contribution in [0.2, 0.25) is 0 Å². The van der Waals surface area contributed by atoms with Gasteiger partial charge in [-0.2, -0.15) is 5.06 Å². The van der Waals surface area contributed by atoms with Gasteiger partial charge in [-0.1, -0.05) is 20.3 Å². The maximum atomic E-state index is 13.1. The van der Waals surface area contributed by atoms with Crippen LogP contribution >= 0.6 is 0 Å². The maximum absolute atomic E-state index is 13.1. The van der Waals surface area contributed by atoms with Crippen LogP contribution in [0.3, 0.4) is 0 Å². The predicted molar refractivity (Wildman–Crippen MR) is 125 cm³/mol. The van der Waals surface area contributed by atoms with E-state index in [4.69, 9.17) is 14.3 Å². The largest absolute Gasteiger partial charge is 0.497 e. The van der Waals surface area contributed by atoms with E-state index in [2.05, 4.69) is 11.8 Å². The second kappa shape index (κ2) is 11.9. The summed E-state index contributed by atoms with van der Waals surface area (Å²) in [4.78, 5) is 35.4. The maximum Gasteiger partial charge on any atom is 0.434 e. The third-order valence-corrected chi connectivity index (χ3v) is 5.23. The van der Waals surface area contributed by atoms with Crippen molar-refractivity contribution in [3.8, 4) is 5.75 Å². The van der Waals surface area contributed by atoms with Crippen molar-refractivity contribution in [2.24, 2.45) is 5.92 Å². The van der Waals surface area contributed by atoms with Crippen LogP contribution in [0.1, 0.15) is 47.5 Å². The van der Waals surface area contributed by atoms with Crippen LogP contribution in [0.4, 0.5) is 10.5 Å². The standard InChI is InChI=1S/C24H39N3O5/c1-7-8-17-31-27(23(29)32-24(3,4)5)18-19(2)22(28)26-15-13-25(14-16-26)20-9-11-21(30-6)12-10-20/h9-12,19H,7-8,13-18H2,1-6H3/t19-/m0/s1. The molecule has 2 amide bonds. The average Bonchev–Trinajstić information content (AvgIpc) is 2.77. The fourth-order valence-electron chi connectivity index (χ4n) is 3.43. The number of rotatable bonds is 9. The van der Waals surface area contributed by atoms with Crippen molar-refractivity contribution in [3.05, 3.63) is 24.3 Å². The first-order valence-corrected chi connectivity index (χ1v) is 11.5. The highest BCUT2D eigenvalue weighted by molar-refractivity contribution is 5.79. The zero-order chi connectivity index (χ0) is 23.7. The molecule has 8 nitrogen and oxygen atoms in total. The topological polar surface area (TPSA) is 71.5 Å². The van der Waals surface area contributed by atoms with E-state index in [1.54, 1.807) is 7.11 Å². The molecule has 1 fully saturated rings. The minimum atomic E-state index is -0.630. The van der Waals surface area contributed by atoms with Crippen molar-refractivity contribution in [1.82, 2.24) is 9.96 Å². The molecule has 0 spiro atoms. The van der Waals surface area contributed by atoms with Gasteiger partial charge < -0.3 is 19.3 Å². The number of carbonyl (C=O) groups is 2. The van der Waals surface area contributed by atoms with Crippen LogP contribution in [0.5, 0.6) is 5.75 Å². The number of anilines is 1. The minimum Gasteiger partial charge on any atom is -0.497 e. The Hall–Kier alpha value is -2.48. The number of unbranched alkanes of at least 4 members (excludes halogenated alkanes) is 1. The van der Waals surface area contributed by atoms with Gasteiger partial charge in [-0.3, -0.25) is 9.63 Å². The van der Waals surface area contributed by atoms with Crippen LogP contribution in [0.15, 0.2) is 24.3 Å². The van der Waals surface area contributed by atoms with E-state index in [0.717, 1.165) is 37.4 Å². The van der Waals surface area contributed by atoms with E-state index in [9.17, 15) is 9.59 Å². The third kappa shape index (κ3) is 7.89. The molecule has 0 bridgehead atoms. The first kappa shape index (κ1) is 25.8. The Balaban J connectivity index is 1.91. The second-order valence-corrected chi connectivity index (χ2v) is 9.14. The summed E-state index contributed by atoms with van der Waals surface area (Å²) < 4.78 is 10.7. The summed E-state index contributed by atoms with van der Waals surface area (Å²) in [6, 6.07) is 7.95. The summed E-state index contributed by atoms with van der Waals surface area (Å²) in [5.41, 5.74) is 0.487. The monoisotopic (exact) mass is 449 g/mol. The summed E-state index contributed by atoms with van der Waals surface area (Å²) in [5.74, 6) is 0.454. The van der Waals surface area contributed by atoms with Crippen molar-refractivity contribution in [1.29, 1.82) is 0 Å². The van der Waals surface area contributed by atoms with Gasteiger partial charge in [-0.25, -0.2) is 4.79 Å². The van der Waals surface area contributed by atoms with Gasteiger partial charge in [0.25, 0.3) is 0 Å². The molecule has 2 rings (SSSR count). The molecule has 180 valence electrons. The van der Waals surface area contributed by atoms with Gasteiger partial charge >= 0.3 is 6.09 Å². The molecule has 0 aromatic heterocycles. The lowest BCUT2D eigenvalue weighted by atomic mass is 10.1. The Labute approximate surface area is 192 Å². The summed E-state index contributed by atoms with van der Waals surface area (Å²) >= 11 is 0. The van der Waals surface area contributed by atoms with Crippen molar-refractivity contribution in [2.75, 3.05) is 51.3 Å². The number of hydrogen-bond acceptors (Lipinski definition) is 6. The van der Waals surface area contributed by atoms with E-state index in [-0.39, 0.29) is 12.5 Å². The van der Waals surface area contributed by atoms with Crippen molar-refractivity contribution < 1.29 is 23.9 Å². The Kier molecular flexibility index (Phi) is 9.62. The number of hydrogen-bond donors (Lipinski definition) is 0. The van der Waals surface area contributed by atoms with Crippen molar-refractivity contribution >= 4 is 17.7 Å². The predicted octanol–water partition coefficient (Wildman–Crippen LogP) is 3.95. The highest BCUT2D eigenvalue weighted by atomic mass is 16.7. The zero-order valence-electron chi connectivity index (χ0n) is 20.4. The molecular formula is C24H39N3O5. The molecule has 0 saturated carbocycles. The summed E-state index contributed by atoms with van der Waals surface area (Å²) in [6.07, 6.45) is 1.22. The molecule has 32 heavy (non-hydrogen) atoms. The Bertz CT molecular complexity index is 724. The molecule has 0 unspecified atom stereocenters. The van der Waals surface area contributed by atoms with E-state index < -0.39 is 17.6 Å². The van der Waals surface area contributed by atoms with Gasteiger partial charge in [-0.15, -0.1) is 0 Å². The molecule has 0 radical (unpaired) electrons. The van der Waals surface area contributed by atoms with Crippen LogP contribution in [0, 0.1) is 5.92 Å². The van der Waals surface area contributed by atoms with Gasteiger partial charge in [0, 0.05) is 31.9 Å². The number of nitrogens with zero attached hydrogens (tertiary/aromatic N) is 3. The third-order valence-electron chi connectivity index (χ3n) is 5.23. The lowest BCUT2D eigenvalue weighted by Crippen LogP contribution is -2.51. The fourth-order valence-corrected chi connectivity index (χ4v) is 3.43. The van der Waals surface area contributed by atoms with Gasteiger partial charge in [0.2, 0.25) is 5.91 Å². The normalized spacial score (nSPS) is 15.3. The van der Waals surface area contributed by atoms with Crippen molar-refractivity contribution in [2.45, 2.75) is 53.1 Å². The number of amides is 2. The quantitative estimate of drug-likeness (QED) is 0.420. The van der Waals surface area contributed by atoms with E-state index in [1.165, 1.54) is 5.06 Å². The lowest BCUT2D eigenvalue weighted by Gasteiger charge is -2.37. The van der Waals surface area contributed by atoms with Crippen LogP contribution < -0.4 is 9.64 Å². The first-order chi connectivity index (χ1) is 15.1. The average molecular weight is 450 g/mol. The lowest BCUT2D eigenvalue weighted by molar-refractivity contribution is -0.161. The van der Waals surface area contributed by atoms with E-state index >= 15 is 0 Å². The number of carbonyl (C=O) groups excluding carboxylic acids is 2. The Morgan fingerprint density at radius 3 is 2.25 bits per heavy atom. The SMILES string of the molecule is CCCCON(C[C@H](C)C(=O)N1CCN(c2ccc(OC)cc2)CC1)C(=O)OC(C)(C)C. The molecule has 1 heterocycles. The van der Waals surface area contributed by atoms with Gasteiger partial charge in [0.1, 0.15) is 11.4 Å². The van der Waals surface area contributed by atoms with E-state index in [0.29, 0.717) is 19.7 Å². The summed E-state index contributed by atoms with van der Waals surface area (Å²) in [6.45, 7) is 12.7.